The molecule has 0 saturated carbocycles. The molecule has 5 heteroatoms. The summed E-state index contributed by atoms with van der Waals surface area (Å²) in [6.45, 7) is 22.5. The fourth-order valence-electron chi connectivity index (χ4n) is 8.06. The van der Waals surface area contributed by atoms with Crippen molar-refractivity contribution in [1.82, 2.24) is 19.3 Å². The highest BCUT2D eigenvalue weighted by Crippen LogP contribution is 2.39. The van der Waals surface area contributed by atoms with Crippen LogP contribution in [0.1, 0.15) is 100 Å². The fourth-order valence-corrected chi connectivity index (χ4v) is 8.06. The van der Waals surface area contributed by atoms with Crippen molar-refractivity contribution >= 4 is 21.8 Å². The molecule has 54 heavy (non-hydrogen) atoms. The zero-order chi connectivity index (χ0) is 38.3. The van der Waals surface area contributed by atoms with Gasteiger partial charge in [0.2, 0.25) is 0 Å². The van der Waals surface area contributed by atoms with Crippen LogP contribution in [0.15, 0.2) is 91.1 Å². The number of hydrogen-bond acceptors (Lipinski definition) is 3. The van der Waals surface area contributed by atoms with Gasteiger partial charge in [-0.15, -0.1) is 0 Å². The molecule has 0 atom stereocenters. The Bertz CT molecular complexity index is 2450. The van der Waals surface area contributed by atoms with Crippen LogP contribution in [0.25, 0.3) is 44.4 Å². The van der Waals surface area contributed by atoms with E-state index in [0.29, 0.717) is 5.92 Å². The predicted molar refractivity (Wildman–Crippen MR) is 227 cm³/mol. The summed E-state index contributed by atoms with van der Waals surface area (Å²) in [6.07, 6.45) is 7.33. The second-order valence-electron chi connectivity index (χ2n) is 16.8. The van der Waals surface area contributed by atoms with Crippen LogP contribution in [-0.2, 0) is 18.3 Å². The zero-order valence-corrected chi connectivity index (χ0v) is 34.0. The molecule has 3 heterocycles. The van der Waals surface area contributed by atoms with Crippen molar-refractivity contribution in [3.63, 3.8) is 0 Å². The van der Waals surface area contributed by atoms with Crippen molar-refractivity contribution in [2.45, 2.75) is 107 Å². The Kier molecular flexibility index (Phi) is 10.3. The number of hydrogen-bond donors (Lipinski definition) is 0. The first kappa shape index (κ1) is 37.2. The molecule has 5 nitrogen and oxygen atoms in total. The van der Waals surface area contributed by atoms with E-state index in [1.54, 1.807) is 0 Å². The Balaban J connectivity index is 1.36. The summed E-state index contributed by atoms with van der Waals surface area (Å²) >= 11 is 0. The van der Waals surface area contributed by atoms with E-state index < -0.39 is 0 Å². The van der Waals surface area contributed by atoms with Crippen LogP contribution in [0.2, 0.25) is 0 Å². The summed E-state index contributed by atoms with van der Waals surface area (Å²) in [5, 5.41) is 7.68. The molecule has 0 spiro atoms. The average molecular weight is 717 g/mol. The summed E-state index contributed by atoms with van der Waals surface area (Å²) in [6, 6.07) is 30.7. The molecule has 0 radical (unpaired) electrons. The molecule has 4 aromatic carbocycles. The number of nitrogens with zero attached hydrogens (tertiary/aromatic N) is 4. The summed E-state index contributed by atoms with van der Waals surface area (Å²) in [5.74, 6) is 3.09. The maximum Gasteiger partial charge on any atom is 0.137 e. The van der Waals surface area contributed by atoms with Gasteiger partial charge in [0.25, 0.3) is 0 Å². The van der Waals surface area contributed by atoms with Crippen molar-refractivity contribution < 1.29 is 4.74 Å². The summed E-state index contributed by atoms with van der Waals surface area (Å²) in [4.78, 5) is 4.88. The molecule has 7 aromatic rings. The third-order valence-corrected chi connectivity index (χ3v) is 10.8. The maximum atomic E-state index is 6.88. The van der Waals surface area contributed by atoms with E-state index in [1.165, 1.54) is 61.8 Å². The van der Waals surface area contributed by atoms with Gasteiger partial charge in [0, 0.05) is 34.7 Å². The molecular formula is C49H56N4O. The number of aromatic nitrogens is 4. The lowest BCUT2D eigenvalue weighted by molar-refractivity contribution is 0.478. The summed E-state index contributed by atoms with van der Waals surface area (Å²) in [5.41, 5.74) is 14.4. The molecule has 0 aliphatic rings. The Hall–Kier alpha value is -5.16. The second kappa shape index (κ2) is 14.9. The fraction of sp³-hybridized carbons (Fsp3) is 0.347. The van der Waals surface area contributed by atoms with E-state index in [-0.39, 0.29) is 5.41 Å². The summed E-state index contributed by atoms with van der Waals surface area (Å²) < 4.78 is 11.4. The van der Waals surface area contributed by atoms with Gasteiger partial charge in [-0.05, 0) is 135 Å². The first-order chi connectivity index (χ1) is 25.8. The van der Waals surface area contributed by atoms with Crippen LogP contribution in [0.4, 0.5) is 0 Å². The van der Waals surface area contributed by atoms with Gasteiger partial charge in [-0.3, -0.25) is 4.57 Å². The molecular weight excluding hydrogens is 661 g/mol. The smallest absolute Gasteiger partial charge is 0.137 e. The van der Waals surface area contributed by atoms with Crippen LogP contribution in [0.3, 0.4) is 0 Å². The van der Waals surface area contributed by atoms with E-state index in [0.717, 1.165) is 65.4 Å². The highest BCUT2D eigenvalue weighted by atomic mass is 16.5. The maximum absolute atomic E-state index is 6.88. The first-order valence-corrected chi connectivity index (χ1v) is 19.8. The summed E-state index contributed by atoms with van der Waals surface area (Å²) in [7, 11) is 0. The van der Waals surface area contributed by atoms with Crippen molar-refractivity contribution in [1.29, 1.82) is 0 Å². The molecule has 0 aliphatic carbocycles. The van der Waals surface area contributed by atoms with Gasteiger partial charge in [-0.1, -0.05) is 83.9 Å². The molecule has 0 saturated heterocycles. The number of rotatable bonds is 11. The number of fused-ring (bicyclic) bond motifs is 3. The highest BCUT2D eigenvalue weighted by molar-refractivity contribution is 6.09. The van der Waals surface area contributed by atoms with Crippen LogP contribution in [-0.4, -0.2) is 19.3 Å². The topological polar surface area (TPSA) is 44.9 Å². The first-order valence-electron chi connectivity index (χ1n) is 19.8. The third kappa shape index (κ3) is 7.33. The van der Waals surface area contributed by atoms with Crippen molar-refractivity contribution in [2.24, 2.45) is 5.92 Å². The Labute approximate surface area is 322 Å². The van der Waals surface area contributed by atoms with Crippen LogP contribution < -0.4 is 4.74 Å². The molecule has 0 bridgehead atoms. The van der Waals surface area contributed by atoms with Crippen LogP contribution in [0.5, 0.6) is 11.5 Å². The van der Waals surface area contributed by atoms with Gasteiger partial charge in [0.1, 0.15) is 17.3 Å². The molecule has 278 valence electrons. The van der Waals surface area contributed by atoms with E-state index in [4.69, 9.17) is 14.8 Å². The molecule has 0 unspecified atom stereocenters. The van der Waals surface area contributed by atoms with E-state index in [9.17, 15) is 0 Å². The Morgan fingerprint density at radius 1 is 0.741 bits per heavy atom. The number of para-hydroxylation sites is 1. The number of aryl methyl sites for hydroxylation is 5. The molecule has 3 aromatic heterocycles. The van der Waals surface area contributed by atoms with Gasteiger partial charge in [0.05, 0.1) is 28.1 Å². The van der Waals surface area contributed by atoms with E-state index >= 15 is 0 Å². The average Bonchev–Trinajstić information content (AvgIpc) is 3.62. The van der Waals surface area contributed by atoms with E-state index in [2.05, 4.69) is 163 Å². The van der Waals surface area contributed by atoms with Gasteiger partial charge in [-0.2, -0.15) is 5.10 Å². The molecule has 0 aliphatic heterocycles. The third-order valence-electron chi connectivity index (χ3n) is 10.8. The standard InChI is InChI=1S/C49H56N4O/c1-11-12-15-36-22-23-50-46(26-36)52-43-17-14-13-16-41(43)42-20-19-39(30-45(42)52)54-40-28-37(49(8,9)10)27-38(29-40)53-44(21-18-31(2)3)48(35(7)51-53)47-33(5)24-32(4)25-34(47)6/h13-14,16-17,19-20,22-31H,11-12,15,18,21H2,1-10H3. The van der Waals surface area contributed by atoms with Crippen LogP contribution in [0, 0.1) is 33.6 Å². The van der Waals surface area contributed by atoms with Crippen LogP contribution >= 0.6 is 0 Å². The molecule has 0 amide bonds. The minimum Gasteiger partial charge on any atom is -0.457 e. The molecule has 0 fully saturated rings. The van der Waals surface area contributed by atoms with Gasteiger partial charge in [0.15, 0.2) is 0 Å². The van der Waals surface area contributed by atoms with Crippen molar-refractivity contribution in [3.05, 3.63) is 130 Å². The number of benzene rings is 4. The van der Waals surface area contributed by atoms with E-state index in [1.807, 2.05) is 6.20 Å². The lowest BCUT2D eigenvalue weighted by Gasteiger charge is -2.22. The quantitative estimate of drug-likeness (QED) is 0.134. The van der Waals surface area contributed by atoms with Gasteiger partial charge >= 0.3 is 0 Å². The van der Waals surface area contributed by atoms with Gasteiger partial charge < -0.3 is 4.74 Å². The number of ether oxygens (including phenoxy) is 1. The largest absolute Gasteiger partial charge is 0.457 e. The zero-order valence-electron chi connectivity index (χ0n) is 34.0. The lowest BCUT2D eigenvalue weighted by Crippen LogP contribution is -2.13. The van der Waals surface area contributed by atoms with Crippen molar-refractivity contribution in [2.75, 3.05) is 0 Å². The molecule has 7 rings (SSSR count). The van der Waals surface area contributed by atoms with Crippen molar-refractivity contribution in [3.8, 4) is 34.1 Å². The number of unbranched alkanes of at least 4 members (excludes halogenated alkanes) is 1. The minimum absolute atomic E-state index is 0.105. The number of pyridine rings is 1. The monoisotopic (exact) mass is 716 g/mol. The lowest BCUT2D eigenvalue weighted by atomic mass is 9.86. The normalized spacial score (nSPS) is 12.1. The Morgan fingerprint density at radius 2 is 1.48 bits per heavy atom. The van der Waals surface area contributed by atoms with Gasteiger partial charge in [-0.25, -0.2) is 9.67 Å². The predicted octanol–water partition coefficient (Wildman–Crippen LogP) is 13.3. The SMILES string of the molecule is CCCCc1ccnc(-n2c3ccccc3c3ccc(Oc4cc(-n5nc(C)c(-c6c(C)cc(C)cc6C)c5CCC(C)C)cc(C(C)(C)C)c4)cc32)c1. The Morgan fingerprint density at radius 3 is 2.20 bits per heavy atom. The second-order valence-corrected chi connectivity index (χ2v) is 16.8. The highest BCUT2D eigenvalue weighted by Gasteiger charge is 2.24. The molecule has 0 N–H and O–H groups in total. The minimum atomic E-state index is -0.105.